The van der Waals surface area contributed by atoms with Crippen molar-refractivity contribution in [3.05, 3.63) is 0 Å². The van der Waals surface area contributed by atoms with Crippen molar-refractivity contribution >= 4 is 0 Å². The van der Waals surface area contributed by atoms with Gasteiger partial charge in [-0.1, -0.05) is 0 Å². The third kappa shape index (κ3) is 2.56. The molecule has 16 heavy (non-hydrogen) atoms. The number of rotatable bonds is 4. The van der Waals surface area contributed by atoms with Gasteiger partial charge in [0.15, 0.2) is 0 Å². The molecule has 2 rings (SSSR count). The lowest BCUT2D eigenvalue weighted by atomic mass is 9.87. The van der Waals surface area contributed by atoms with Crippen LogP contribution in [0.2, 0.25) is 0 Å². The van der Waals surface area contributed by atoms with E-state index in [0.29, 0.717) is 12.5 Å². The van der Waals surface area contributed by atoms with Gasteiger partial charge in [0.2, 0.25) is 0 Å². The lowest BCUT2D eigenvalue weighted by Crippen LogP contribution is -2.42. The van der Waals surface area contributed by atoms with E-state index in [0.717, 1.165) is 45.7 Å². The number of aliphatic hydroxyl groups excluding tert-OH is 1. The normalized spacial score (nSPS) is 38.1. The van der Waals surface area contributed by atoms with Crippen LogP contribution in [0.3, 0.4) is 0 Å². The minimum atomic E-state index is -0.182. The molecule has 2 fully saturated rings. The Balaban J connectivity index is 1.86. The van der Waals surface area contributed by atoms with Crippen LogP contribution in [0.5, 0.6) is 0 Å². The largest absolute Gasteiger partial charge is 0.393 e. The van der Waals surface area contributed by atoms with Crippen LogP contribution in [0.25, 0.3) is 0 Å². The van der Waals surface area contributed by atoms with Crippen LogP contribution < -0.4 is 5.73 Å². The second-order valence-electron chi connectivity index (χ2n) is 5.53. The molecule has 94 valence electrons. The predicted molar refractivity (Wildman–Crippen MR) is 63.2 cm³/mol. The Kier molecular flexibility index (Phi) is 3.85. The summed E-state index contributed by atoms with van der Waals surface area (Å²) in [4.78, 5) is 2.44. The smallest absolute Gasteiger partial charge is 0.0552 e. The van der Waals surface area contributed by atoms with Crippen molar-refractivity contribution in [3.8, 4) is 0 Å². The highest BCUT2D eigenvalue weighted by molar-refractivity contribution is 4.90. The molecular formula is C12H24N2O2. The van der Waals surface area contributed by atoms with Crippen LogP contribution in [-0.4, -0.2) is 55.5 Å². The first kappa shape index (κ1) is 12.3. The van der Waals surface area contributed by atoms with E-state index in [-0.39, 0.29) is 11.5 Å². The molecule has 4 heteroatoms. The number of aliphatic hydroxyl groups is 1. The molecule has 2 aliphatic rings. The Labute approximate surface area is 97.7 Å². The van der Waals surface area contributed by atoms with Gasteiger partial charge in [-0.05, 0) is 32.2 Å². The van der Waals surface area contributed by atoms with E-state index in [1.165, 1.54) is 0 Å². The van der Waals surface area contributed by atoms with Crippen molar-refractivity contribution < 1.29 is 9.84 Å². The summed E-state index contributed by atoms with van der Waals surface area (Å²) < 4.78 is 5.48. The van der Waals surface area contributed by atoms with Gasteiger partial charge in [0.25, 0.3) is 0 Å². The maximum Gasteiger partial charge on any atom is 0.0552 e. The van der Waals surface area contributed by atoms with Gasteiger partial charge in [-0.3, -0.25) is 0 Å². The highest BCUT2D eigenvalue weighted by atomic mass is 16.5. The minimum absolute atomic E-state index is 0.174. The lowest BCUT2D eigenvalue weighted by Gasteiger charge is -2.31. The zero-order chi connectivity index (χ0) is 11.6. The zero-order valence-electron chi connectivity index (χ0n) is 10.2. The van der Waals surface area contributed by atoms with E-state index in [2.05, 4.69) is 4.90 Å². The molecule has 2 aliphatic heterocycles. The van der Waals surface area contributed by atoms with Gasteiger partial charge in [-0.25, -0.2) is 0 Å². The van der Waals surface area contributed by atoms with Gasteiger partial charge in [0.1, 0.15) is 0 Å². The van der Waals surface area contributed by atoms with E-state index < -0.39 is 0 Å². The van der Waals surface area contributed by atoms with Gasteiger partial charge in [-0.2, -0.15) is 0 Å². The van der Waals surface area contributed by atoms with Gasteiger partial charge in [0.05, 0.1) is 12.7 Å². The van der Waals surface area contributed by atoms with Gasteiger partial charge >= 0.3 is 0 Å². The van der Waals surface area contributed by atoms with Crippen LogP contribution in [0, 0.1) is 11.3 Å². The molecule has 0 bridgehead atoms. The quantitative estimate of drug-likeness (QED) is 0.714. The molecule has 0 spiro atoms. The Morgan fingerprint density at radius 1 is 1.62 bits per heavy atom. The Morgan fingerprint density at radius 3 is 2.94 bits per heavy atom. The van der Waals surface area contributed by atoms with E-state index >= 15 is 0 Å². The SMILES string of the molecule is CC(O)C1CCN(CC2(CN)CCOC2)C1. The summed E-state index contributed by atoms with van der Waals surface area (Å²) in [5.41, 5.74) is 6.06. The maximum atomic E-state index is 9.58. The first-order valence-corrected chi connectivity index (χ1v) is 6.33. The molecule has 2 saturated heterocycles. The van der Waals surface area contributed by atoms with Gasteiger partial charge < -0.3 is 20.5 Å². The molecule has 0 saturated carbocycles. The van der Waals surface area contributed by atoms with Crippen molar-refractivity contribution in [3.63, 3.8) is 0 Å². The fraction of sp³-hybridized carbons (Fsp3) is 1.00. The summed E-state index contributed by atoms with van der Waals surface area (Å²) in [6, 6.07) is 0. The molecule has 0 aromatic heterocycles. The van der Waals surface area contributed by atoms with Crippen molar-refractivity contribution in [2.45, 2.75) is 25.9 Å². The number of hydrogen-bond acceptors (Lipinski definition) is 4. The first-order chi connectivity index (χ1) is 7.65. The van der Waals surface area contributed by atoms with E-state index in [1.54, 1.807) is 0 Å². The third-order valence-electron chi connectivity index (χ3n) is 4.17. The number of nitrogens with zero attached hydrogens (tertiary/aromatic N) is 1. The highest BCUT2D eigenvalue weighted by Crippen LogP contribution is 2.31. The van der Waals surface area contributed by atoms with E-state index in [9.17, 15) is 5.11 Å². The lowest BCUT2D eigenvalue weighted by molar-refractivity contribution is 0.106. The standard InChI is InChI=1S/C12H24N2O2/c1-10(15)11-2-4-14(6-11)8-12(7-13)3-5-16-9-12/h10-11,15H,2-9,13H2,1H3. The Hall–Kier alpha value is -0.160. The zero-order valence-corrected chi connectivity index (χ0v) is 10.2. The van der Waals surface area contributed by atoms with Crippen LogP contribution in [0.4, 0.5) is 0 Å². The molecule has 2 heterocycles. The van der Waals surface area contributed by atoms with Crippen LogP contribution >= 0.6 is 0 Å². The Bertz CT molecular complexity index is 227. The third-order valence-corrected chi connectivity index (χ3v) is 4.17. The monoisotopic (exact) mass is 228 g/mol. The molecule has 3 N–H and O–H groups in total. The fourth-order valence-electron chi connectivity index (χ4n) is 2.87. The average Bonchev–Trinajstić information content (AvgIpc) is 2.88. The number of likely N-dealkylation sites (tertiary alicyclic amines) is 1. The predicted octanol–water partition coefficient (Wildman–Crippen LogP) is 0.0545. The average molecular weight is 228 g/mol. The second kappa shape index (κ2) is 5.00. The number of ether oxygens (including phenoxy) is 1. The Morgan fingerprint density at radius 2 is 2.44 bits per heavy atom. The summed E-state index contributed by atoms with van der Waals surface area (Å²) in [6.45, 7) is 7.40. The number of nitrogens with two attached hydrogens (primary N) is 1. The molecular weight excluding hydrogens is 204 g/mol. The first-order valence-electron chi connectivity index (χ1n) is 6.33. The van der Waals surface area contributed by atoms with E-state index in [4.69, 9.17) is 10.5 Å². The summed E-state index contributed by atoms with van der Waals surface area (Å²) in [7, 11) is 0. The molecule has 0 aromatic carbocycles. The molecule has 3 unspecified atom stereocenters. The molecule has 0 aromatic rings. The van der Waals surface area contributed by atoms with Gasteiger partial charge in [0, 0.05) is 31.7 Å². The van der Waals surface area contributed by atoms with Crippen molar-refractivity contribution in [2.75, 3.05) is 39.4 Å². The van der Waals surface area contributed by atoms with Crippen molar-refractivity contribution in [1.82, 2.24) is 4.90 Å². The molecule has 0 amide bonds. The fourth-order valence-corrected chi connectivity index (χ4v) is 2.87. The summed E-state index contributed by atoms with van der Waals surface area (Å²) in [5.74, 6) is 0.442. The molecule has 0 aliphatic carbocycles. The summed E-state index contributed by atoms with van der Waals surface area (Å²) in [6.07, 6.45) is 2.01. The van der Waals surface area contributed by atoms with Crippen LogP contribution in [0.1, 0.15) is 19.8 Å². The van der Waals surface area contributed by atoms with Gasteiger partial charge in [-0.15, -0.1) is 0 Å². The highest BCUT2D eigenvalue weighted by Gasteiger charge is 2.37. The second-order valence-corrected chi connectivity index (χ2v) is 5.53. The molecule has 0 radical (unpaired) electrons. The van der Waals surface area contributed by atoms with Crippen molar-refractivity contribution in [2.24, 2.45) is 17.1 Å². The van der Waals surface area contributed by atoms with Crippen LogP contribution in [0.15, 0.2) is 0 Å². The number of hydrogen-bond donors (Lipinski definition) is 2. The summed E-state index contributed by atoms with van der Waals surface area (Å²) in [5, 5.41) is 9.58. The summed E-state index contributed by atoms with van der Waals surface area (Å²) >= 11 is 0. The molecule has 3 atom stereocenters. The topological polar surface area (TPSA) is 58.7 Å². The van der Waals surface area contributed by atoms with Crippen LogP contribution in [-0.2, 0) is 4.74 Å². The van der Waals surface area contributed by atoms with E-state index in [1.807, 2.05) is 6.92 Å². The minimum Gasteiger partial charge on any atom is -0.393 e. The maximum absolute atomic E-state index is 9.58. The van der Waals surface area contributed by atoms with Crippen molar-refractivity contribution in [1.29, 1.82) is 0 Å². The molecule has 4 nitrogen and oxygen atoms in total.